The lowest BCUT2D eigenvalue weighted by Crippen LogP contribution is -2.39. The molecule has 10 heteroatoms. The molecule has 2 heterocycles. The third-order valence-electron chi connectivity index (χ3n) is 4.81. The number of nitrogens with one attached hydrogen (secondary N) is 1. The van der Waals surface area contributed by atoms with E-state index in [2.05, 4.69) is 20.4 Å². The number of imide groups is 1. The molecule has 1 aliphatic heterocycles. The van der Waals surface area contributed by atoms with Crippen LogP contribution in [-0.4, -0.2) is 69.0 Å². The Morgan fingerprint density at radius 2 is 1.83 bits per heavy atom. The second kappa shape index (κ2) is 11.0. The minimum atomic E-state index is -0.203. The summed E-state index contributed by atoms with van der Waals surface area (Å²) in [6, 6.07) is 6.97. The summed E-state index contributed by atoms with van der Waals surface area (Å²) in [5.74, 6) is 1.23. The molecule has 0 unspecified atom stereocenters. The summed E-state index contributed by atoms with van der Waals surface area (Å²) < 4.78 is 1.74. The number of fused-ring (bicyclic) bond motifs is 1. The number of aromatic nitrogens is 3. The summed E-state index contributed by atoms with van der Waals surface area (Å²) in [6.45, 7) is 4.39. The van der Waals surface area contributed by atoms with Crippen LogP contribution < -0.4 is 5.32 Å². The smallest absolute Gasteiger partial charge is 0.261 e. The predicted octanol–water partition coefficient (Wildman–Crippen LogP) is 1.91. The number of nitrogens with zero attached hydrogens (tertiary/aromatic N) is 6. The highest BCUT2D eigenvalue weighted by Gasteiger charge is 2.34. The van der Waals surface area contributed by atoms with Crippen LogP contribution in [0.3, 0.4) is 0 Å². The lowest BCUT2D eigenvalue weighted by atomic mass is 10.1. The third kappa shape index (κ3) is 5.35. The molecular formula is C20H28IN7O2. The number of carbonyl (C=O) groups excluding carboxylic acids is 2. The highest BCUT2D eigenvalue weighted by atomic mass is 127. The number of carbonyl (C=O) groups is 2. The van der Waals surface area contributed by atoms with Crippen molar-refractivity contribution in [3.8, 4) is 0 Å². The van der Waals surface area contributed by atoms with E-state index in [0.717, 1.165) is 24.7 Å². The van der Waals surface area contributed by atoms with Crippen molar-refractivity contribution in [2.75, 3.05) is 26.7 Å². The fourth-order valence-electron chi connectivity index (χ4n) is 3.23. The van der Waals surface area contributed by atoms with E-state index in [1.54, 1.807) is 28.9 Å². The molecule has 162 valence electrons. The summed E-state index contributed by atoms with van der Waals surface area (Å²) >= 11 is 0. The minimum absolute atomic E-state index is 0. The molecule has 0 aliphatic carbocycles. The Labute approximate surface area is 193 Å². The van der Waals surface area contributed by atoms with E-state index in [4.69, 9.17) is 0 Å². The number of rotatable bonds is 8. The number of hydrogen-bond donors (Lipinski definition) is 1. The lowest BCUT2D eigenvalue weighted by molar-refractivity contribution is 0.0652. The molecule has 3 rings (SSSR count). The van der Waals surface area contributed by atoms with E-state index in [1.807, 2.05) is 25.9 Å². The normalized spacial score (nSPS) is 13.3. The van der Waals surface area contributed by atoms with E-state index < -0.39 is 0 Å². The van der Waals surface area contributed by atoms with E-state index in [0.29, 0.717) is 37.2 Å². The Balaban J connectivity index is 0.00000320. The molecule has 0 saturated heterocycles. The van der Waals surface area contributed by atoms with Crippen molar-refractivity contribution in [2.45, 2.75) is 26.3 Å². The van der Waals surface area contributed by atoms with Crippen molar-refractivity contribution in [2.24, 2.45) is 12.0 Å². The molecule has 0 radical (unpaired) electrons. The fourth-order valence-corrected chi connectivity index (χ4v) is 3.23. The van der Waals surface area contributed by atoms with Crippen LogP contribution in [0.25, 0.3) is 0 Å². The van der Waals surface area contributed by atoms with Gasteiger partial charge in [0.05, 0.1) is 17.7 Å². The van der Waals surface area contributed by atoms with Gasteiger partial charge < -0.3 is 10.2 Å². The number of unbranched alkanes of at least 4 members (excludes halogenated alkanes) is 1. The number of amides is 2. The van der Waals surface area contributed by atoms with Gasteiger partial charge >= 0.3 is 0 Å². The first-order chi connectivity index (χ1) is 14.0. The summed E-state index contributed by atoms with van der Waals surface area (Å²) in [5, 5.41) is 7.36. The molecule has 0 saturated carbocycles. The van der Waals surface area contributed by atoms with Crippen LogP contribution in [0, 0.1) is 0 Å². The van der Waals surface area contributed by atoms with Crippen LogP contribution in [-0.2, 0) is 13.6 Å². The van der Waals surface area contributed by atoms with Gasteiger partial charge in [0.25, 0.3) is 11.8 Å². The molecule has 30 heavy (non-hydrogen) atoms. The molecule has 0 fully saturated rings. The van der Waals surface area contributed by atoms with E-state index in [1.165, 1.54) is 11.2 Å². The van der Waals surface area contributed by atoms with Crippen LogP contribution >= 0.6 is 24.0 Å². The number of hydrogen-bond acceptors (Lipinski definition) is 5. The molecule has 0 atom stereocenters. The molecule has 1 aliphatic rings. The maximum atomic E-state index is 12.4. The Morgan fingerprint density at radius 1 is 1.17 bits per heavy atom. The standard InChI is InChI=1S/C20H27N7O2.HI/c1-4-21-20(25(2)13-17-23-14-24-26(17)3)22-11-7-8-12-27-18(28)15-9-5-6-10-16(15)19(27)29;/h5-6,9-10,14H,4,7-8,11-13H2,1-3H3,(H,21,22);1H. The molecular weight excluding hydrogens is 497 g/mol. The number of aryl methyl sites for hydroxylation is 1. The zero-order valence-electron chi connectivity index (χ0n) is 17.5. The van der Waals surface area contributed by atoms with Gasteiger partial charge in [-0.3, -0.25) is 24.2 Å². The molecule has 1 N–H and O–H groups in total. The van der Waals surface area contributed by atoms with E-state index >= 15 is 0 Å². The first kappa shape index (κ1) is 23.8. The van der Waals surface area contributed by atoms with Crippen LogP contribution in [0.5, 0.6) is 0 Å². The Hall–Kier alpha value is -2.50. The lowest BCUT2D eigenvalue weighted by Gasteiger charge is -2.21. The van der Waals surface area contributed by atoms with Gasteiger partial charge in [-0.1, -0.05) is 12.1 Å². The first-order valence-corrected chi connectivity index (χ1v) is 9.80. The van der Waals surface area contributed by atoms with Gasteiger partial charge in [-0.05, 0) is 31.9 Å². The maximum Gasteiger partial charge on any atom is 0.261 e. The number of halogens is 1. The van der Waals surface area contributed by atoms with Gasteiger partial charge in [0.15, 0.2) is 5.96 Å². The molecule has 1 aromatic heterocycles. The third-order valence-corrected chi connectivity index (χ3v) is 4.81. The molecule has 1 aromatic carbocycles. The zero-order chi connectivity index (χ0) is 20.8. The summed E-state index contributed by atoms with van der Waals surface area (Å²) in [6.07, 6.45) is 3.02. The molecule has 0 spiro atoms. The fraction of sp³-hybridized carbons (Fsp3) is 0.450. The van der Waals surface area contributed by atoms with Gasteiger partial charge in [0.2, 0.25) is 0 Å². The van der Waals surface area contributed by atoms with Gasteiger partial charge in [-0.2, -0.15) is 5.10 Å². The number of benzene rings is 1. The van der Waals surface area contributed by atoms with Crippen LogP contribution in [0.2, 0.25) is 0 Å². The average molecular weight is 525 g/mol. The largest absolute Gasteiger partial charge is 0.357 e. The molecule has 2 amide bonds. The minimum Gasteiger partial charge on any atom is -0.357 e. The summed E-state index contributed by atoms with van der Waals surface area (Å²) in [4.78, 5) is 37.0. The second-order valence-corrected chi connectivity index (χ2v) is 6.91. The van der Waals surface area contributed by atoms with Crippen molar-refractivity contribution in [3.63, 3.8) is 0 Å². The molecule has 0 bridgehead atoms. The molecule has 9 nitrogen and oxygen atoms in total. The van der Waals surface area contributed by atoms with E-state index in [9.17, 15) is 9.59 Å². The Kier molecular flexibility index (Phi) is 8.75. The quantitative estimate of drug-likeness (QED) is 0.186. The monoisotopic (exact) mass is 525 g/mol. The molecule has 2 aromatic rings. The van der Waals surface area contributed by atoms with Crippen LogP contribution in [0.4, 0.5) is 0 Å². The van der Waals surface area contributed by atoms with Crippen molar-refractivity contribution in [1.29, 1.82) is 0 Å². The highest BCUT2D eigenvalue weighted by molar-refractivity contribution is 14.0. The second-order valence-electron chi connectivity index (χ2n) is 6.91. The predicted molar refractivity (Wildman–Crippen MR) is 125 cm³/mol. The first-order valence-electron chi connectivity index (χ1n) is 9.80. The van der Waals surface area contributed by atoms with Gasteiger partial charge in [-0.15, -0.1) is 24.0 Å². The highest BCUT2D eigenvalue weighted by Crippen LogP contribution is 2.22. The van der Waals surface area contributed by atoms with Gasteiger partial charge in [0.1, 0.15) is 12.2 Å². The van der Waals surface area contributed by atoms with Crippen molar-refractivity contribution in [3.05, 3.63) is 47.5 Å². The van der Waals surface area contributed by atoms with Crippen LogP contribution in [0.15, 0.2) is 35.6 Å². The number of aliphatic imine (C=N–C) groups is 1. The Morgan fingerprint density at radius 3 is 2.40 bits per heavy atom. The van der Waals surface area contributed by atoms with Crippen molar-refractivity contribution in [1.82, 2.24) is 29.9 Å². The van der Waals surface area contributed by atoms with Crippen molar-refractivity contribution >= 4 is 41.8 Å². The van der Waals surface area contributed by atoms with Gasteiger partial charge in [0, 0.05) is 33.7 Å². The average Bonchev–Trinajstić information content (AvgIpc) is 3.22. The van der Waals surface area contributed by atoms with Crippen LogP contribution in [0.1, 0.15) is 46.3 Å². The number of guanidine groups is 1. The van der Waals surface area contributed by atoms with Crippen molar-refractivity contribution < 1.29 is 9.59 Å². The zero-order valence-corrected chi connectivity index (χ0v) is 19.9. The summed E-state index contributed by atoms with van der Waals surface area (Å²) in [5.41, 5.74) is 0.991. The SMILES string of the molecule is CCNC(=NCCCCN1C(=O)c2ccccc2C1=O)N(C)Cc1ncnn1C.I. The maximum absolute atomic E-state index is 12.4. The summed E-state index contributed by atoms with van der Waals surface area (Å²) in [7, 11) is 3.81. The Bertz CT molecular complexity index is 877. The van der Waals surface area contributed by atoms with Gasteiger partial charge in [-0.25, -0.2) is 4.98 Å². The van der Waals surface area contributed by atoms with E-state index in [-0.39, 0.29) is 35.8 Å². The topological polar surface area (TPSA) is 95.7 Å².